The number of aliphatic hydroxyl groups is 1. The quantitative estimate of drug-likeness (QED) is 0.421. The summed E-state index contributed by atoms with van der Waals surface area (Å²) in [5.41, 5.74) is 2.07. The summed E-state index contributed by atoms with van der Waals surface area (Å²) in [5.74, 6) is 1.82. The van der Waals surface area contributed by atoms with Crippen LogP contribution in [0.2, 0.25) is 0 Å². The second-order valence-electron chi connectivity index (χ2n) is 7.21. The first-order valence-corrected chi connectivity index (χ1v) is 9.30. The predicted octanol–water partition coefficient (Wildman–Crippen LogP) is 2.57. The lowest BCUT2D eigenvalue weighted by molar-refractivity contribution is -0.172. The SMILES string of the molecule is C=C=Nc1cccc2nc3c(cc12)Cn1c-3cc2c(c1=O)COC(=O)[C@]2(O)CC. The molecule has 0 fully saturated rings. The maximum absolute atomic E-state index is 13.1. The molecule has 7 heteroatoms. The van der Waals surface area contributed by atoms with Gasteiger partial charge in [0, 0.05) is 16.5 Å². The summed E-state index contributed by atoms with van der Waals surface area (Å²) in [5, 5.41) is 11.7. The van der Waals surface area contributed by atoms with Crippen LogP contribution in [0.4, 0.5) is 5.69 Å². The lowest BCUT2D eigenvalue weighted by Crippen LogP contribution is -2.44. The molecule has 1 aromatic carbocycles. The Labute approximate surface area is 165 Å². The number of cyclic esters (lactones) is 1. The van der Waals surface area contributed by atoms with Gasteiger partial charge in [-0.1, -0.05) is 13.0 Å². The number of ether oxygens (including phenoxy) is 1. The fourth-order valence-corrected chi connectivity index (χ4v) is 4.17. The Morgan fingerprint density at radius 3 is 2.97 bits per heavy atom. The number of nitrogens with zero attached hydrogens (tertiary/aromatic N) is 3. The van der Waals surface area contributed by atoms with Gasteiger partial charge in [-0.2, -0.15) is 0 Å². The van der Waals surface area contributed by atoms with Crippen LogP contribution in [-0.2, 0) is 28.3 Å². The average molecular weight is 387 g/mol. The van der Waals surface area contributed by atoms with E-state index in [-0.39, 0.29) is 18.6 Å². The van der Waals surface area contributed by atoms with Crippen molar-refractivity contribution in [2.75, 3.05) is 0 Å². The highest BCUT2D eigenvalue weighted by atomic mass is 16.6. The van der Waals surface area contributed by atoms with Crippen molar-refractivity contribution in [1.29, 1.82) is 0 Å². The number of benzene rings is 1. The molecule has 4 heterocycles. The van der Waals surface area contributed by atoms with Gasteiger partial charge >= 0.3 is 5.97 Å². The number of carbonyl (C=O) groups excluding carboxylic acids is 1. The normalized spacial score (nSPS) is 19.2. The minimum atomic E-state index is -1.83. The molecular weight excluding hydrogens is 370 g/mol. The van der Waals surface area contributed by atoms with Gasteiger partial charge in [-0.15, -0.1) is 0 Å². The third kappa shape index (κ3) is 2.29. The van der Waals surface area contributed by atoms with Crippen LogP contribution in [0.3, 0.4) is 0 Å². The Morgan fingerprint density at radius 2 is 2.21 bits per heavy atom. The Morgan fingerprint density at radius 1 is 1.38 bits per heavy atom. The summed E-state index contributed by atoms with van der Waals surface area (Å²) in [7, 11) is 0. The highest BCUT2D eigenvalue weighted by molar-refractivity contribution is 5.93. The van der Waals surface area contributed by atoms with Gasteiger partial charge in [0.2, 0.25) is 0 Å². The van der Waals surface area contributed by atoms with E-state index in [1.165, 1.54) is 0 Å². The van der Waals surface area contributed by atoms with E-state index in [0.717, 1.165) is 16.5 Å². The second-order valence-corrected chi connectivity index (χ2v) is 7.21. The number of pyridine rings is 2. The number of aromatic nitrogens is 2. The van der Waals surface area contributed by atoms with Gasteiger partial charge in [-0.3, -0.25) is 4.79 Å². The molecule has 0 bridgehead atoms. The summed E-state index contributed by atoms with van der Waals surface area (Å²) >= 11 is 0. The highest BCUT2D eigenvalue weighted by Gasteiger charge is 2.45. The molecule has 2 aliphatic rings. The first kappa shape index (κ1) is 17.6. The summed E-state index contributed by atoms with van der Waals surface area (Å²) in [6, 6.07) is 9.24. The summed E-state index contributed by atoms with van der Waals surface area (Å²) in [4.78, 5) is 34.3. The van der Waals surface area contributed by atoms with Crippen LogP contribution in [0.1, 0.15) is 30.0 Å². The standard InChI is InChI=1S/C22H17N3O4/c1-3-22(28)15-9-18-19-12(10-25(18)20(26)14(15)11-29-21(22)27)8-13-16(23-4-2)6-5-7-17(13)24-19/h5-9,28H,2-3,10-11H2,1H3/t22-/m0/s1. The zero-order valence-corrected chi connectivity index (χ0v) is 15.7. The number of carbonyl (C=O) groups is 1. The van der Waals surface area contributed by atoms with E-state index < -0.39 is 11.6 Å². The zero-order chi connectivity index (χ0) is 20.3. The number of fused-ring (bicyclic) bond motifs is 5. The Balaban J connectivity index is 1.79. The Kier molecular flexibility index (Phi) is 3.62. The van der Waals surface area contributed by atoms with Gasteiger partial charge in [0.25, 0.3) is 5.56 Å². The zero-order valence-electron chi connectivity index (χ0n) is 15.7. The van der Waals surface area contributed by atoms with Crippen molar-refractivity contribution in [3.8, 4) is 11.4 Å². The molecule has 0 spiro atoms. The molecule has 0 aliphatic carbocycles. The molecule has 1 atom stereocenters. The van der Waals surface area contributed by atoms with E-state index in [1.807, 2.05) is 24.3 Å². The third-order valence-corrected chi connectivity index (χ3v) is 5.73. The molecule has 3 aromatic rings. The van der Waals surface area contributed by atoms with Gasteiger partial charge in [-0.25, -0.2) is 14.8 Å². The van der Waals surface area contributed by atoms with Crippen LogP contribution < -0.4 is 5.56 Å². The van der Waals surface area contributed by atoms with E-state index in [9.17, 15) is 14.7 Å². The van der Waals surface area contributed by atoms with Crippen molar-refractivity contribution < 1.29 is 14.6 Å². The summed E-state index contributed by atoms with van der Waals surface area (Å²) < 4.78 is 6.70. The number of rotatable bonds is 2. The summed E-state index contributed by atoms with van der Waals surface area (Å²) in [6.07, 6.45) is 0.114. The molecule has 0 saturated heterocycles. The molecule has 5 rings (SSSR count). The minimum Gasteiger partial charge on any atom is -0.458 e. The monoisotopic (exact) mass is 387 g/mol. The molecule has 0 amide bonds. The van der Waals surface area contributed by atoms with Crippen molar-refractivity contribution in [1.82, 2.24) is 9.55 Å². The van der Waals surface area contributed by atoms with Gasteiger partial charge in [-0.05, 0) is 43.1 Å². The van der Waals surface area contributed by atoms with E-state index in [0.29, 0.717) is 34.7 Å². The molecule has 144 valence electrons. The van der Waals surface area contributed by atoms with E-state index in [4.69, 9.17) is 9.72 Å². The molecular formula is C22H17N3O4. The number of hydrogen-bond acceptors (Lipinski definition) is 6. The molecule has 2 aliphatic heterocycles. The van der Waals surface area contributed by atoms with E-state index in [1.54, 1.807) is 17.6 Å². The predicted molar refractivity (Wildman–Crippen MR) is 107 cm³/mol. The average Bonchev–Trinajstić information content (AvgIpc) is 3.08. The van der Waals surface area contributed by atoms with Gasteiger partial charge < -0.3 is 14.4 Å². The number of aliphatic imine (C=N–C) groups is 1. The van der Waals surface area contributed by atoms with Crippen LogP contribution in [0.15, 0.2) is 46.7 Å². The molecule has 2 aromatic heterocycles. The summed E-state index contributed by atoms with van der Waals surface area (Å²) in [6.45, 7) is 5.43. The van der Waals surface area contributed by atoms with Crippen molar-refractivity contribution in [3.05, 3.63) is 64.0 Å². The maximum atomic E-state index is 13.1. The van der Waals surface area contributed by atoms with Crippen molar-refractivity contribution in [2.24, 2.45) is 4.99 Å². The van der Waals surface area contributed by atoms with Gasteiger partial charge in [0.15, 0.2) is 5.60 Å². The van der Waals surface area contributed by atoms with Gasteiger partial charge in [0.05, 0.1) is 34.7 Å². The Bertz CT molecular complexity index is 1330. The fourth-order valence-electron chi connectivity index (χ4n) is 4.17. The van der Waals surface area contributed by atoms with Crippen LogP contribution >= 0.6 is 0 Å². The lowest BCUT2D eigenvalue weighted by atomic mass is 9.86. The molecule has 0 unspecified atom stereocenters. The second kappa shape index (κ2) is 5.98. The molecule has 1 N–H and O–H groups in total. The fraction of sp³-hybridized carbons (Fsp3) is 0.227. The molecule has 29 heavy (non-hydrogen) atoms. The van der Waals surface area contributed by atoms with Crippen molar-refractivity contribution in [2.45, 2.75) is 32.1 Å². The highest BCUT2D eigenvalue weighted by Crippen LogP contribution is 2.39. The minimum absolute atomic E-state index is 0.114. The topological polar surface area (TPSA) is 93.8 Å². The van der Waals surface area contributed by atoms with Crippen molar-refractivity contribution >= 4 is 28.4 Å². The Hall–Kier alpha value is -3.54. The van der Waals surface area contributed by atoms with Crippen LogP contribution in [-0.4, -0.2) is 26.5 Å². The number of hydrogen-bond donors (Lipinski definition) is 1. The first-order valence-electron chi connectivity index (χ1n) is 9.30. The molecule has 0 radical (unpaired) electrons. The van der Waals surface area contributed by atoms with Crippen LogP contribution in [0, 0.1) is 0 Å². The van der Waals surface area contributed by atoms with E-state index >= 15 is 0 Å². The van der Waals surface area contributed by atoms with Crippen molar-refractivity contribution in [3.63, 3.8) is 0 Å². The molecule has 0 saturated carbocycles. The maximum Gasteiger partial charge on any atom is 0.343 e. The van der Waals surface area contributed by atoms with Crippen LogP contribution in [0.25, 0.3) is 22.3 Å². The third-order valence-electron chi connectivity index (χ3n) is 5.73. The number of esters is 1. The molecule has 7 nitrogen and oxygen atoms in total. The largest absolute Gasteiger partial charge is 0.458 e. The van der Waals surface area contributed by atoms with Gasteiger partial charge in [0.1, 0.15) is 6.61 Å². The first-order chi connectivity index (χ1) is 14.0. The lowest BCUT2D eigenvalue weighted by Gasteiger charge is -2.31. The smallest absolute Gasteiger partial charge is 0.343 e. The van der Waals surface area contributed by atoms with E-state index in [2.05, 4.69) is 17.4 Å². The van der Waals surface area contributed by atoms with Crippen LogP contribution in [0.5, 0.6) is 0 Å².